The van der Waals surface area contributed by atoms with Gasteiger partial charge in [0.25, 0.3) is 5.56 Å². The van der Waals surface area contributed by atoms with E-state index in [4.69, 9.17) is 10.8 Å². The lowest BCUT2D eigenvalue weighted by Gasteiger charge is -2.06. The van der Waals surface area contributed by atoms with Gasteiger partial charge in [-0.1, -0.05) is 18.2 Å². The maximum absolute atomic E-state index is 12.1. The minimum atomic E-state index is -4.27. The fraction of sp³-hybridized carbons (Fsp3) is 0.278. The Labute approximate surface area is 160 Å². The number of halogens is 3. The second kappa shape index (κ2) is 7.72. The van der Waals surface area contributed by atoms with Gasteiger partial charge in [-0.15, -0.1) is 11.3 Å². The van der Waals surface area contributed by atoms with E-state index in [1.807, 2.05) is 0 Å². The fourth-order valence-corrected chi connectivity index (χ4v) is 4.24. The Balaban J connectivity index is 0.000000169. The van der Waals surface area contributed by atoms with Gasteiger partial charge in [0.15, 0.2) is 0 Å². The highest BCUT2D eigenvalue weighted by molar-refractivity contribution is 7.18. The zero-order valence-corrected chi connectivity index (χ0v) is 15.3. The number of H-pyrrole nitrogens is 1. The molecule has 0 atom stereocenters. The minimum Gasteiger partial charge on any atom is -0.475 e. The summed E-state index contributed by atoms with van der Waals surface area (Å²) >= 11 is 1.44. The van der Waals surface area contributed by atoms with E-state index in [0.29, 0.717) is 15.8 Å². The molecule has 148 valence electrons. The number of aromatic nitrogens is 2. The molecule has 0 saturated heterocycles. The van der Waals surface area contributed by atoms with Crippen LogP contribution in [0, 0.1) is 0 Å². The van der Waals surface area contributed by atoms with Crippen LogP contribution in [0.4, 0.5) is 13.2 Å². The first-order valence-corrected chi connectivity index (χ1v) is 9.16. The van der Waals surface area contributed by atoms with Gasteiger partial charge in [-0.3, -0.25) is 4.79 Å². The molecule has 4 N–H and O–H groups in total. The van der Waals surface area contributed by atoms with E-state index in [0.717, 1.165) is 37.0 Å². The molecule has 0 bridgehead atoms. The summed E-state index contributed by atoms with van der Waals surface area (Å²) in [5.74, 6) is -1.48. The summed E-state index contributed by atoms with van der Waals surface area (Å²) in [5.41, 5.74) is 5.77. The van der Waals surface area contributed by atoms with Crippen molar-refractivity contribution in [3.63, 3.8) is 0 Å². The number of carbonyl (C=O) groups is 1. The number of aryl methyl sites for hydroxylation is 2. The molecule has 2 aromatic heterocycles. The van der Waals surface area contributed by atoms with Crippen molar-refractivity contribution in [1.82, 2.24) is 9.97 Å². The molecule has 1 aliphatic carbocycles. The summed E-state index contributed by atoms with van der Waals surface area (Å²) < 4.78 is 36.2. The molecule has 3 aromatic rings. The van der Waals surface area contributed by atoms with Crippen LogP contribution in [0.25, 0.3) is 10.2 Å². The summed E-state index contributed by atoms with van der Waals surface area (Å²) in [4.78, 5) is 30.5. The Bertz CT molecular complexity index is 1090. The van der Waals surface area contributed by atoms with Gasteiger partial charge in [-0.05, 0) is 36.5 Å². The predicted octanol–water partition coefficient (Wildman–Crippen LogP) is 3.34. The van der Waals surface area contributed by atoms with Crippen molar-refractivity contribution in [2.45, 2.75) is 32.0 Å². The third kappa shape index (κ3) is 4.07. The zero-order valence-electron chi connectivity index (χ0n) is 14.5. The zero-order chi connectivity index (χ0) is 20.5. The van der Waals surface area contributed by atoms with Crippen molar-refractivity contribution in [3.05, 3.63) is 62.0 Å². The minimum absolute atomic E-state index is 0.129. The Kier molecular flexibility index (Phi) is 5.52. The van der Waals surface area contributed by atoms with E-state index in [9.17, 15) is 22.8 Å². The number of thiophene rings is 1. The van der Waals surface area contributed by atoms with Crippen molar-refractivity contribution in [2.24, 2.45) is 5.73 Å². The van der Waals surface area contributed by atoms with E-state index >= 15 is 0 Å². The SMILES string of the molecule is NCc1cccc(C(F)(F)F)c1.O=C(O)c1nc2sc3c(c2c(=O)[nH]1)CCC3. The van der Waals surface area contributed by atoms with Gasteiger partial charge >= 0.3 is 12.1 Å². The number of carboxylic acid groups (broad SMARTS) is 1. The Hall–Kier alpha value is -2.72. The Morgan fingerprint density at radius 3 is 2.71 bits per heavy atom. The lowest BCUT2D eigenvalue weighted by atomic mass is 10.1. The van der Waals surface area contributed by atoms with Gasteiger partial charge in [0, 0.05) is 11.4 Å². The molecular formula is C18H16F3N3O3S. The average molecular weight is 411 g/mol. The van der Waals surface area contributed by atoms with Crippen LogP contribution in [-0.2, 0) is 25.6 Å². The summed E-state index contributed by atoms with van der Waals surface area (Å²) in [5, 5.41) is 9.37. The Morgan fingerprint density at radius 1 is 1.32 bits per heavy atom. The molecule has 0 saturated carbocycles. The molecule has 10 heteroatoms. The van der Waals surface area contributed by atoms with E-state index < -0.39 is 17.7 Å². The number of benzene rings is 1. The van der Waals surface area contributed by atoms with Gasteiger partial charge in [-0.25, -0.2) is 9.78 Å². The van der Waals surface area contributed by atoms with E-state index in [1.54, 1.807) is 6.07 Å². The van der Waals surface area contributed by atoms with Gasteiger partial charge in [0.05, 0.1) is 10.9 Å². The molecule has 28 heavy (non-hydrogen) atoms. The van der Waals surface area contributed by atoms with Crippen LogP contribution in [0.2, 0.25) is 0 Å². The molecule has 0 unspecified atom stereocenters. The van der Waals surface area contributed by atoms with Crippen molar-refractivity contribution in [3.8, 4) is 0 Å². The van der Waals surface area contributed by atoms with Crippen LogP contribution in [0.15, 0.2) is 29.1 Å². The van der Waals surface area contributed by atoms with Crippen molar-refractivity contribution in [2.75, 3.05) is 0 Å². The van der Waals surface area contributed by atoms with E-state index in [-0.39, 0.29) is 17.9 Å². The van der Waals surface area contributed by atoms with E-state index in [1.165, 1.54) is 22.3 Å². The molecule has 4 rings (SSSR count). The molecule has 1 aromatic carbocycles. The highest BCUT2D eigenvalue weighted by Crippen LogP contribution is 2.34. The van der Waals surface area contributed by atoms with Crippen molar-refractivity contribution >= 4 is 27.5 Å². The molecule has 0 amide bonds. The first-order valence-electron chi connectivity index (χ1n) is 8.34. The number of nitrogens with two attached hydrogens (primary N) is 1. The quantitative estimate of drug-likeness (QED) is 0.599. The van der Waals surface area contributed by atoms with Crippen LogP contribution in [0.1, 0.15) is 38.6 Å². The van der Waals surface area contributed by atoms with Crippen molar-refractivity contribution in [1.29, 1.82) is 0 Å². The molecule has 0 aliphatic heterocycles. The van der Waals surface area contributed by atoms with E-state index in [2.05, 4.69) is 9.97 Å². The van der Waals surface area contributed by atoms with Gasteiger partial charge < -0.3 is 15.8 Å². The molecule has 0 radical (unpaired) electrons. The van der Waals surface area contributed by atoms with Gasteiger partial charge in [0.1, 0.15) is 4.83 Å². The fourth-order valence-electron chi connectivity index (χ4n) is 2.98. The predicted molar refractivity (Wildman–Crippen MR) is 98.6 cm³/mol. The van der Waals surface area contributed by atoms with Crippen molar-refractivity contribution < 1.29 is 23.1 Å². The molecule has 6 nitrogen and oxygen atoms in total. The molecule has 2 heterocycles. The number of hydrogen-bond acceptors (Lipinski definition) is 5. The van der Waals surface area contributed by atoms with Gasteiger partial charge in [-0.2, -0.15) is 13.2 Å². The van der Waals surface area contributed by atoms with Crippen LogP contribution in [-0.4, -0.2) is 21.0 Å². The monoisotopic (exact) mass is 411 g/mol. The molecule has 1 aliphatic rings. The number of carboxylic acids is 1. The van der Waals surface area contributed by atoms with Crippen LogP contribution < -0.4 is 11.3 Å². The van der Waals surface area contributed by atoms with Gasteiger partial charge in [0.2, 0.25) is 5.82 Å². The van der Waals surface area contributed by atoms with Crippen LogP contribution >= 0.6 is 11.3 Å². The number of hydrogen-bond donors (Lipinski definition) is 3. The number of nitrogens with one attached hydrogen (secondary N) is 1. The number of aromatic carboxylic acids is 1. The molecule has 0 fully saturated rings. The maximum atomic E-state index is 12.1. The number of aromatic amines is 1. The second-order valence-electron chi connectivity index (χ2n) is 6.16. The molecular weight excluding hydrogens is 395 g/mol. The number of rotatable bonds is 2. The topological polar surface area (TPSA) is 109 Å². The second-order valence-corrected chi connectivity index (χ2v) is 7.24. The largest absolute Gasteiger partial charge is 0.475 e. The third-order valence-corrected chi connectivity index (χ3v) is 5.45. The first-order chi connectivity index (χ1) is 13.2. The number of fused-ring (bicyclic) bond motifs is 3. The lowest BCUT2D eigenvalue weighted by Crippen LogP contribution is -2.15. The first kappa shape index (κ1) is 20.0. The summed E-state index contributed by atoms with van der Waals surface area (Å²) in [6.07, 6.45) is -1.34. The van der Waals surface area contributed by atoms with Crippen LogP contribution in [0.5, 0.6) is 0 Å². The number of alkyl halides is 3. The summed E-state index contributed by atoms with van der Waals surface area (Å²) in [7, 11) is 0. The average Bonchev–Trinajstić information content (AvgIpc) is 3.22. The standard InChI is InChI=1S/C10H8N2O3S.C8H8F3N/c13-8-6-4-2-1-3-5(4)16-9(6)12-7(11-8)10(14)15;9-8(10,11)7-3-1-2-6(4-7)5-12/h1-3H2,(H,14,15)(H,11,12,13);1-4H,5,12H2. The normalized spacial score (nSPS) is 13.1. The summed E-state index contributed by atoms with van der Waals surface area (Å²) in [6, 6.07) is 5.00. The number of nitrogens with zero attached hydrogens (tertiary/aromatic N) is 1. The smallest absolute Gasteiger partial charge is 0.416 e. The molecule has 0 spiro atoms. The lowest BCUT2D eigenvalue weighted by molar-refractivity contribution is -0.137. The van der Waals surface area contributed by atoms with Crippen LogP contribution in [0.3, 0.4) is 0 Å². The maximum Gasteiger partial charge on any atom is 0.416 e. The highest BCUT2D eigenvalue weighted by Gasteiger charge is 2.30. The third-order valence-electron chi connectivity index (χ3n) is 4.27. The Morgan fingerprint density at radius 2 is 2.07 bits per heavy atom. The summed E-state index contributed by atoms with van der Waals surface area (Å²) in [6.45, 7) is 0.129. The highest BCUT2D eigenvalue weighted by atomic mass is 32.1.